The second kappa shape index (κ2) is 5.85. The molecule has 1 saturated heterocycles. The van der Waals surface area contributed by atoms with Gasteiger partial charge in [0.05, 0.1) is 0 Å². The van der Waals surface area contributed by atoms with Crippen LogP contribution in [-0.2, 0) is 6.54 Å². The van der Waals surface area contributed by atoms with Crippen molar-refractivity contribution >= 4 is 0 Å². The van der Waals surface area contributed by atoms with Gasteiger partial charge in [0.25, 0.3) is 0 Å². The first kappa shape index (κ1) is 12.2. The van der Waals surface area contributed by atoms with Gasteiger partial charge in [-0.2, -0.15) is 0 Å². The van der Waals surface area contributed by atoms with E-state index in [9.17, 15) is 0 Å². The highest BCUT2D eigenvalue weighted by molar-refractivity contribution is 5.14. The maximum absolute atomic E-state index is 3.82. The SMILES string of the molecule is c1ccc(CNCC2CC3CCCCC3N2)cc1. The molecule has 1 aromatic carbocycles. The zero-order valence-electron chi connectivity index (χ0n) is 11.1. The minimum Gasteiger partial charge on any atom is -0.311 e. The monoisotopic (exact) mass is 244 g/mol. The van der Waals surface area contributed by atoms with Crippen LogP contribution in [0.25, 0.3) is 0 Å². The van der Waals surface area contributed by atoms with E-state index in [-0.39, 0.29) is 0 Å². The van der Waals surface area contributed by atoms with Crippen molar-refractivity contribution < 1.29 is 0 Å². The lowest BCUT2D eigenvalue weighted by Crippen LogP contribution is -2.38. The van der Waals surface area contributed by atoms with Gasteiger partial charge in [0, 0.05) is 25.2 Å². The summed E-state index contributed by atoms with van der Waals surface area (Å²) in [5.74, 6) is 0.960. The second-order valence-corrected chi connectivity index (χ2v) is 5.87. The zero-order chi connectivity index (χ0) is 12.2. The highest BCUT2D eigenvalue weighted by atomic mass is 15.0. The van der Waals surface area contributed by atoms with Gasteiger partial charge in [-0.05, 0) is 30.7 Å². The first-order chi connectivity index (χ1) is 8.92. The van der Waals surface area contributed by atoms with E-state index in [0.29, 0.717) is 6.04 Å². The average Bonchev–Trinajstić information content (AvgIpc) is 2.82. The summed E-state index contributed by atoms with van der Waals surface area (Å²) in [6.45, 7) is 2.11. The van der Waals surface area contributed by atoms with Crippen LogP contribution in [-0.4, -0.2) is 18.6 Å². The van der Waals surface area contributed by atoms with Crippen LogP contribution in [0.15, 0.2) is 30.3 Å². The van der Waals surface area contributed by atoms with Gasteiger partial charge in [0.2, 0.25) is 0 Å². The summed E-state index contributed by atoms with van der Waals surface area (Å²) in [5, 5.41) is 7.41. The van der Waals surface area contributed by atoms with Crippen molar-refractivity contribution in [3.8, 4) is 0 Å². The molecule has 2 aliphatic rings. The summed E-state index contributed by atoms with van der Waals surface area (Å²) in [5.41, 5.74) is 1.38. The molecule has 0 amide bonds. The van der Waals surface area contributed by atoms with Gasteiger partial charge < -0.3 is 10.6 Å². The topological polar surface area (TPSA) is 24.1 Å². The van der Waals surface area contributed by atoms with Gasteiger partial charge >= 0.3 is 0 Å². The molecule has 3 atom stereocenters. The maximum atomic E-state index is 3.82. The van der Waals surface area contributed by atoms with Gasteiger partial charge in [-0.25, -0.2) is 0 Å². The summed E-state index contributed by atoms with van der Waals surface area (Å²) in [7, 11) is 0. The molecule has 3 unspecified atom stereocenters. The fourth-order valence-electron chi connectivity index (χ4n) is 3.57. The Balaban J connectivity index is 1.42. The van der Waals surface area contributed by atoms with Gasteiger partial charge in [-0.1, -0.05) is 43.2 Å². The molecule has 1 aliphatic heterocycles. The quantitative estimate of drug-likeness (QED) is 0.851. The molecule has 2 heteroatoms. The fraction of sp³-hybridized carbons (Fsp3) is 0.625. The van der Waals surface area contributed by atoms with E-state index in [1.807, 2.05) is 0 Å². The minimum atomic E-state index is 0.696. The molecule has 1 saturated carbocycles. The molecular weight excluding hydrogens is 220 g/mol. The largest absolute Gasteiger partial charge is 0.311 e. The van der Waals surface area contributed by atoms with Crippen molar-refractivity contribution in [3.05, 3.63) is 35.9 Å². The Morgan fingerprint density at radius 3 is 2.78 bits per heavy atom. The van der Waals surface area contributed by atoms with Crippen LogP contribution in [0.4, 0.5) is 0 Å². The van der Waals surface area contributed by atoms with Crippen molar-refractivity contribution in [2.75, 3.05) is 6.54 Å². The minimum absolute atomic E-state index is 0.696. The molecular formula is C16H24N2. The van der Waals surface area contributed by atoms with Gasteiger partial charge in [0.15, 0.2) is 0 Å². The average molecular weight is 244 g/mol. The van der Waals surface area contributed by atoms with Crippen molar-refractivity contribution in [2.45, 2.75) is 50.7 Å². The lowest BCUT2D eigenvalue weighted by atomic mass is 9.85. The fourth-order valence-corrected chi connectivity index (χ4v) is 3.57. The van der Waals surface area contributed by atoms with E-state index < -0.39 is 0 Å². The van der Waals surface area contributed by atoms with Crippen molar-refractivity contribution in [1.29, 1.82) is 0 Å². The second-order valence-electron chi connectivity index (χ2n) is 5.87. The molecule has 1 aromatic rings. The molecule has 2 fully saturated rings. The van der Waals surface area contributed by atoms with Crippen molar-refractivity contribution in [3.63, 3.8) is 0 Å². The Morgan fingerprint density at radius 2 is 1.94 bits per heavy atom. The Kier molecular flexibility index (Phi) is 3.96. The van der Waals surface area contributed by atoms with E-state index in [1.54, 1.807) is 0 Å². The summed E-state index contributed by atoms with van der Waals surface area (Å²) in [6.07, 6.45) is 7.12. The zero-order valence-corrected chi connectivity index (χ0v) is 11.1. The maximum Gasteiger partial charge on any atom is 0.0206 e. The van der Waals surface area contributed by atoms with Crippen molar-refractivity contribution in [1.82, 2.24) is 10.6 Å². The van der Waals surface area contributed by atoms with Crippen LogP contribution in [0.5, 0.6) is 0 Å². The van der Waals surface area contributed by atoms with E-state index in [1.165, 1.54) is 37.7 Å². The van der Waals surface area contributed by atoms with Gasteiger partial charge in [-0.15, -0.1) is 0 Å². The Hall–Kier alpha value is -0.860. The Bertz CT molecular complexity index is 349. The summed E-state index contributed by atoms with van der Waals surface area (Å²) in [4.78, 5) is 0. The highest BCUT2D eigenvalue weighted by Crippen LogP contribution is 2.32. The van der Waals surface area contributed by atoms with E-state index >= 15 is 0 Å². The highest BCUT2D eigenvalue weighted by Gasteiger charge is 2.34. The summed E-state index contributed by atoms with van der Waals surface area (Å²) < 4.78 is 0. The molecule has 2 nitrogen and oxygen atoms in total. The van der Waals surface area contributed by atoms with Gasteiger partial charge in [0.1, 0.15) is 0 Å². The van der Waals surface area contributed by atoms with E-state index in [0.717, 1.165) is 25.0 Å². The standard InChI is InChI=1S/C16H24N2/c1-2-6-13(7-3-1)11-17-12-15-10-14-8-4-5-9-16(14)18-15/h1-3,6-7,14-18H,4-5,8-12H2. The molecule has 98 valence electrons. The lowest BCUT2D eigenvalue weighted by molar-refractivity contribution is 0.325. The predicted molar refractivity (Wildman–Crippen MR) is 75.4 cm³/mol. The normalized spacial score (nSPS) is 31.2. The third-order valence-corrected chi connectivity index (χ3v) is 4.51. The predicted octanol–water partition coefficient (Wildman–Crippen LogP) is 2.70. The smallest absolute Gasteiger partial charge is 0.0206 e. The Morgan fingerprint density at radius 1 is 1.11 bits per heavy atom. The van der Waals surface area contributed by atoms with E-state index in [4.69, 9.17) is 0 Å². The summed E-state index contributed by atoms with van der Waals surface area (Å²) in [6, 6.07) is 12.2. The van der Waals surface area contributed by atoms with Crippen LogP contribution in [0.1, 0.15) is 37.7 Å². The third kappa shape index (κ3) is 2.93. The Labute approximate surface area is 110 Å². The molecule has 2 N–H and O–H groups in total. The van der Waals surface area contributed by atoms with Crippen molar-refractivity contribution in [2.24, 2.45) is 5.92 Å². The van der Waals surface area contributed by atoms with Crippen LogP contribution >= 0.6 is 0 Å². The van der Waals surface area contributed by atoms with Crippen LogP contribution in [0.2, 0.25) is 0 Å². The molecule has 3 rings (SSSR count). The number of hydrogen-bond acceptors (Lipinski definition) is 2. The molecule has 0 spiro atoms. The molecule has 1 aliphatic carbocycles. The number of hydrogen-bond donors (Lipinski definition) is 2. The number of rotatable bonds is 4. The van der Waals surface area contributed by atoms with Gasteiger partial charge in [-0.3, -0.25) is 0 Å². The molecule has 0 bridgehead atoms. The molecule has 1 heterocycles. The number of fused-ring (bicyclic) bond motifs is 1. The molecule has 18 heavy (non-hydrogen) atoms. The lowest BCUT2D eigenvalue weighted by Gasteiger charge is -2.24. The van der Waals surface area contributed by atoms with Crippen LogP contribution in [0, 0.1) is 5.92 Å². The first-order valence-corrected chi connectivity index (χ1v) is 7.42. The number of benzene rings is 1. The van der Waals surface area contributed by atoms with Crippen LogP contribution < -0.4 is 10.6 Å². The third-order valence-electron chi connectivity index (χ3n) is 4.51. The first-order valence-electron chi connectivity index (χ1n) is 7.42. The van der Waals surface area contributed by atoms with Crippen LogP contribution in [0.3, 0.4) is 0 Å². The van der Waals surface area contributed by atoms with E-state index in [2.05, 4.69) is 41.0 Å². The molecule has 0 aromatic heterocycles. The summed E-state index contributed by atoms with van der Waals surface area (Å²) >= 11 is 0. The molecule has 0 radical (unpaired) electrons. The number of nitrogens with one attached hydrogen (secondary N) is 2.